The molecule has 0 radical (unpaired) electrons. The number of hydrogen-bond donors (Lipinski definition) is 1. The number of nitrogens with zero attached hydrogens (tertiary/aromatic N) is 1. The number of hydrogen-bond acceptors (Lipinski definition) is 4. The van der Waals surface area contributed by atoms with Crippen molar-refractivity contribution in [2.45, 2.75) is 6.92 Å². The molecule has 1 heterocycles. The van der Waals surface area contributed by atoms with Gasteiger partial charge < -0.3 is 5.73 Å². The second kappa shape index (κ2) is 5.50. The number of nitrogen functional groups attached to an aromatic ring is 1. The molecular weight excluding hydrogens is 280 g/mol. The highest BCUT2D eigenvalue weighted by atomic mass is 32.1. The molecule has 21 heavy (non-hydrogen) atoms. The first-order chi connectivity index (χ1) is 10.2. The summed E-state index contributed by atoms with van der Waals surface area (Å²) in [5.74, 6) is -0.0267. The second-order valence-electron chi connectivity index (χ2n) is 4.74. The first-order valence-corrected chi connectivity index (χ1v) is 7.40. The van der Waals surface area contributed by atoms with Gasteiger partial charge in [-0.1, -0.05) is 65.9 Å². The third-order valence-electron chi connectivity index (χ3n) is 3.29. The average molecular weight is 294 g/mol. The Balaban J connectivity index is 2.12. The molecule has 2 aromatic carbocycles. The summed E-state index contributed by atoms with van der Waals surface area (Å²) >= 11 is 1.24. The van der Waals surface area contributed by atoms with E-state index in [4.69, 9.17) is 5.73 Å². The summed E-state index contributed by atoms with van der Waals surface area (Å²) in [5, 5.41) is 0.408. The van der Waals surface area contributed by atoms with Gasteiger partial charge in [0.15, 0.2) is 5.13 Å². The van der Waals surface area contributed by atoms with Crippen molar-refractivity contribution in [3.63, 3.8) is 0 Å². The van der Waals surface area contributed by atoms with Crippen LogP contribution in [0.4, 0.5) is 5.13 Å². The van der Waals surface area contributed by atoms with Gasteiger partial charge in [-0.3, -0.25) is 4.79 Å². The Bertz CT molecular complexity index is 794. The SMILES string of the molecule is Cc1ccccc1C(=O)c1sc(N)nc1-c1ccccc1. The standard InChI is InChI=1S/C17H14N2OS/c1-11-7-5-6-10-13(11)15(20)16-14(19-17(18)21-16)12-8-3-2-4-9-12/h2-10H,1H3,(H2,18,19). The molecule has 3 nitrogen and oxygen atoms in total. The number of anilines is 1. The fraction of sp³-hybridized carbons (Fsp3) is 0.0588. The van der Waals surface area contributed by atoms with E-state index in [9.17, 15) is 4.79 Å². The minimum atomic E-state index is -0.0267. The molecule has 0 bridgehead atoms. The third kappa shape index (κ3) is 2.58. The third-order valence-corrected chi connectivity index (χ3v) is 4.17. The zero-order chi connectivity index (χ0) is 14.8. The number of benzene rings is 2. The maximum absolute atomic E-state index is 12.8. The molecular formula is C17H14N2OS. The summed E-state index contributed by atoms with van der Waals surface area (Å²) in [4.78, 5) is 17.7. The highest BCUT2D eigenvalue weighted by molar-refractivity contribution is 7.18. The molecule has 4 heteroatoms. The smallest absolute Gasteiger partial charge is 0.205 e. The van der Waals surface area contributed by atoms with Crippen molar-refractivity contribution < 1.29 is 4.79 Å². The van der Waals surface area contributed by atoms with E-state index in [0.717, 1.165) is 11.1 Å². The van der Waals surface area contributed by atoms with E-state index in [1.807, 2.05) is 61.5 Å². The van der Waals surface area contributed by atoms with Crippen LogP contribution in [0.1, 0.15) is 20.8 Å². The minimum absolute atomic E-state index is 0.0267. The van der Waals surface area contributed by atoms with E-state index < -0.39 is 0 Å². The van der Waals surface area contributed by atoms with Crippen LogP contribution in [0.25, 0.3) is 11.3 Å². The summed E-state index contributed by atoms with van der Waals surface area (Å²) < 4.78 is 0. The monoisotopic (exact) mass is 294 g/mol. The first kappa shape index (κ1) is 13.5. The van der Waals surface area contributed by atoms with Gasteiger partial charge in [0.1, 0.15) is 4.88 Å². The maximum Gasteiger partial charge on any atom is 0.205 e. The summed E-state index contributed by atoms with van der Waals surface area (Å²) in [6.07, 6.45) is 0. The first-order valence-electron chi connectivity index (χ1n) is 6.59. The van der Waals surface area contributed by atoms with Crippen molar-refractivity contribution in [1.29, 1.82) is 0 Å². The highest BCUT2D eigenvalue weighted by Gasteiger charge is 2.20. The van der Waals surface area contributed by atoms with Crippen LogP contribution in [-0.4, -0.2) is 10.8 Å². The van der Waals surface area contributed by atoms with Gasteiger partial charge in [0.25, 0.3) is 0 Å². The quantitative estimate of drug-likeness (QED) is 0.745. The normalized spacial score (nSPS) is 10.5. The Hall–Kier alpha value is -2.46. The summed E-state index contributed by atoms with van der Waals surface area (Å²) in [6.45, 7) is 1.93. The number of nitrogens with two attached hydrogens (primary N) is 1. The summed E-state index contributed by atoms with van der Waals surface area (Å²) in [7, 11) is 0. The zero-order valence-corrected chi connectivity index (χ0v) is 12.4. The highest BCUT2D eigenvalue weighted by Crippen LogP contribution is 2.31. The van der Waals surface area contributed by atoms with E-state index in [0.29, 0.717) is 21.3 Å². The van der Waals surface area contributed by atoms with E-state index in [-0.39, 0.29) is 5.78 Å². The molecule has 3 aromatic rings. The van der Waals surface area contributed by atoms with Crippen LogP contribution in [0.2, 0.25) is 0 Å². The van der Waals surface area contributed by atoms with Gasteiger partial charge in [-0.2, -0.15) is 0 Å². The van der Waals surface area contributed by atoms with E-state index >= 15 is 0 Å². The zero-order valence-electron chi connectivity index (χ0n) is 11.5. The predicted molar refractivity (Wildman–Crippen MR) is 86.6 cm³/mol. The fourth-order valence-electron chi connectivity index (χ4n) is 2.23. The molecule has 0 fully saturated rings. The van der Waals surface area contributed by atoms with Crippen LogP contribution >= 0.6 is 11.3 Å². The molecule has 0 aliphatic heterocycles. The molecule has 0 aliphatic rings. The molecule has 1 aromatic heterocycles. The molecule has 0 unspecified atom stereocenters. The lowest BCUT2D eigenvalue weighted by molar-refractivity contribution is 0.104. The lowest BCUT2D eigenvalue weighted by atomic mass is 10.0. The van der Waals surface area contributed by atoms with Gasteiger partial charge in [-0.25, -0.2) is 4.98 Å². The number of thiazole rings is 1. The van der Waals surface area contributed by atoms with Gasteiger partial charge in [0.05, 0.1) is 5.69 Å². The van der Waals surface area contributed by atoms with Crippen molar-refractivity contribution in [3.05, 3.63) is 70.6 Å². The number of aryl methyl sites for hydroxylation is 1. The summed E-state index contributed by atoms with van der Waals surface area (Å²) in [5.41, 5.74) is 9.03. The second-order valence-corrected chi connectivity index (χ2v) is 5.77. The lowest BCUT2D eigenvalue weighted by Crippen LogP contribution is -2.03. The largest absolute Gasteiger partial charge is 0.375 e. The minimum Gasteiger partial charge on any atom is -0.375 e. The lowest BCUT2D eigenvalue weighted by Gasteiger charge is -2.04. The topological polar surface area (TPSA) is 56.0 Å². The van der Waals surface area contributed by atoms with Crippen LogP contribution in [0.15, 0.2) is 54.6 Å². The Labute approximate surface area is 127 Å². The number of ketones is 1. The van der Waals surface area contributed by atoms with Crippen molar-refractivity contribution in [2.24, 2.45) is 0 Å². The van der Waals surface area contributed by atoms with Gasteiger partial charge in [-0.15, -0.1) is 0 Å². The van der Waals surface area contributed by atoms with Crippen LogP contribution in [0.5, 0.6) is 0 Å². The van der Waals surface area contributed by atoms with Crippen molar-refractivity contribution in [2.75, 3.05) is 5.73 Å². The van der Waals surface area contributed by atoms with Crippen molar-refractivity contribution in [1.82, 2.24) is 4.98 Å². The van der Waals surface area contributed by atoms with Gasteiger partial charge in [0, 0.05) is 11.1 Å². The molecule has 0 atom stereocenters. The van der Waals surface area contributed by atoms with E-state index in [1.54, 1.807) is 0 Å². The molecule has 0 aliphatic carbocycles. The van der Waals surface area contributed by atoms with Gasteiger partial charge in [-0.05, 0) is 12.5 Å². The number of carbonyl (C=O) groups is 1. The van der Waals surface area contributed by atoms with Crippen molar-refractivity contribution >= 4 is 22.3 Å². The average Bonchev–Trinajstić information content (AvgIpc) is 2.90. The Morgan fingerprint density at radius 2 is 1.71 bits per heavy atom. The van der Waals surface area contributed by atoms with Crippen LogP contribution in [0, 0.1) is 6.92 Å². The fourth-order valence-corrected chi connectivity index (χ4v) is 3.04. The van der Waals surface area contributed by atoms with Gasteiger partial charge >= 0.3 is 0 Å². The van der Waals surface area contributed by atoms with Crippen LogP contribution in [-0.2, 0) is 0 Å². The Kier molecular flexibility index (Phi) is 3.54. The number of aromatic nitrogens is 1. The van der Waals surface area contributed by atoms with Crippen LogP contribution in [0.3, 0.4) is 0 Å². The molecule has 0 saturated carbocycles. The van der Waals surface area contributed by atoms with Crippen LogP contribution < -0.4 is 5.73 Å². The molecule has 104 valence electrons. The van der Waals surface area contributed by atoms with E-state index in [2.05, 4.69) is 4.98 Å². The molecule has 0 saturated heterocycles. The molecule has 0 amide bonds. The van der Waals surface area contributed by atoms with Crippen molar-refractivity contribution in [3.8, 4) is 11.3 Å². The molecule has 3 rings (SSSR count). The predicted octanol–water partition coefficient (Wildman–Crippen LogP) is 3.93. The van der Waals surface area contributed by atoms with Gasteiger partial charge in [0.2, 0.25) is 5.78 Å². The number of rotatable bonds is 3. The summed E-state index contributed by atoms with van der Waals surface area (Å²) in [6, 6.07) is 17.2. The molecule has 0 spiro atoms. The van der Waals surface area contributed by atoms with E-state index in [1.165, 1.54) is 11.3 Å². The Morgan fingerprint density at radius 1 is 1.05 bits per heavy atom. The maximum atomic E-state index is 12.8. The number of carbonyl (C=O) groups excluding carboxylic acids is 1. The molecule has 2 N–H and O–H groups in total. The Morgan fingerprint density at radius 3 is 2.43 bits per heavy atom.